The monoisotopic (exact) mass is 278 g/mol. The van der Waals surface area contributed by atoms with E-state index in [1.165, 1.54) is 19.9 Å². The highest BCUT2D eigenvalue weighted by molar-refractivity contribution is 5.96. The van der Waals surface area contributed by atoms with E-state index in [1.54, 1.807) is 19.1 Å². The van der Waals surface area contributed by atoms with E-state index < -0.39 is 0 Å². The molecule has 0 atom stereocenters. The molecule has 0 aliphatic rings. The molecule has 2 amide bonds. The van der Waals surface area contributed by atoms with Crippen molar-refractivity contribution in [3.05, 3.63) is 23.8 Å². The zero-order chi connectivity index (χ0) is 15.1. The van der Waals surface area contributed by atoms with Crippen molar-refractivity contribution in [2.45, 2.75) is 20.8 Å². The van der Waals surface area contributed by atoms with Gasteiger partial charge in [0.15, 0.2) is 12.4 Å². The fraction of sp³-hybridized carbons (Fsp3) is 0.357. The Balaban J connectivity index is 2.92. The maximum atomic E-state index is 11.4. The molecule has 0 spiro atoms. The lowest BCUT2D eigenvalue weighted by Gasteiger charge is -2.12. The van der Waals surface area contributed by atoms with Gasteiger partial charge in [-0.2, -0.15) is 0 Å². The number of carbonyl (C=O) groups is 3. The van der Waals surface area contributed by atoms with Crippen LogP contribution in [0.15, 0.2) is 18.2 Å². The maximum absolute atomic E-state index is 11.4. The van der Waals surface area contributed by atoms with Gasteiger partial charge in [-0.25, -0.2) is 0 Å². The zero-order valence-electron chi connectivity index (χ0n) is 11.8. The second-order valence-electron chi connectivity index (χ2n) is 4.19. The van der Waals surface area contributed by atoms with Crippen LogP contribution in [0.4, 0.5) is 5.69 Å². The van der Waals surface area contributed by atoms with Crippen molar-refractivity contribution >= 4 is 23.3 Å². The first-order chi connectivity index (χ1) is 9.43. The highest BCUT2D eigenvalue weighted by Crippen LogP contribution is 2.26. The van der Waals surface area contributed by atoms with Crippen molar-refractivity contribution in [2.24, 2.45) is 0 Å². The first kappa shape index (κ1) is 15.7. The van der Waals surface area contributed by atoms with E-state index in [1.807, 2.05) is 0 Å². The van der Waals surface area contributed by atoms with Gasteiger partial charge in [-0.3, -0.25) is 14.4 Å². The standard InChI is InChI=1S/C14H18N2O4/c1-4-15-14(19)8-20-13-7-11(9(2)17)5-6-12(13)16-10(3)18/h5-7H,4,8H2,1-3H3,(H,15,19)(H,16,18). The number of carbonyl (C=O) groups excluding carboxylic acids is 3. The van der Waals surface area contributed by atoms with Crippen LogP contribution in [0.1, 0.15) is 31.1 Å². The van der Waals surface area contributed by atoms with Crippen molar-refractivity contribution in [3.63, 3.8) is 0 Å². The van der Waals surface area contributed by atoms with Crippen LogP contribution < -0.4 is 15.4 Å². The van der Waals surface area contributed by atoms with E-state index in [0.29, 0.717) is 23.5 Å². The molecule has 0 fully saturated rings. The van der Waals surface area contributed by atoms with Crippen molar-refractivity contribution in [3.8, 4) is 5.75 Å². The Morgan fingerprint density at radius 1 is 1.20 bits per heavy atom. The minimum absolute atomic E-state index is 0.123. The average molecular weight is 278 g/mol. The third kappa shape index (κ3) is 4.72. The summed E-state index contributed by atoms with van der Waals surface area (Å²) in [5.41, 5.74) is 0.872. The number of hydrogen-bond donors (Lipinski definition) is 2. The van der Waals surface area contributed by atoms with Crippen LogP contribution in [-0.4, -0.2) is 30.7 Å². The smallest absolute Gasteiger partial charge is 0.257 e. The molecular formula is C14H18N2O4. The van der Waals surface area contributed by atoms with Gasteiger partial charge >= 0.3 is 0 Å². The molecule has 6 nitrogen and oxygen atoms in total. The highest BCUT2D eigenvalue weighted by atomic mass is 16.5. The molecule has 1 rings (SSSR count). The topological polar surface area (TPSA) is 84.5 Å². The number of Topliss-reactive ketones (excluding diaryl/α,β-unsaturated/α-hetero) is 1. The molecule has 0 unspecified atom stereocenters. The summed E-state index contributed by atoms with van der Waals surface area (Å²) in [4.78, 5) is 33.8. The van der Waals surface area contributed by atoms with Crippen LogP contribution in [0.5, 0.6) is 5.75 Å². The number of likely N-dealkylation sites (N-methyl/N-ethyl adjacent to an activating group) is 1. The Bertz CT molecular complexity index is 526. The van der Waals surface area contributed by atoms with Crippen LogP contribution in [0.2, 0.25) is 0 Å². The summed E-state index contributed by atoms with van der Waals surface area (Å²) < 4.78 is 5.36. The SMILES string of the molecule is CCNC(=O)COc1cc(C(C)=O)ccc1NC(C)=O. The Morgan fingerprint density at radius 2 is 1.90 bits per heavy atom. The number of anilines is 1. The number of ether oxygens (including phenoxy) is 1. The summed E-state index contributed by atoms with van der Waals surface area (Å²) in [5.74, 6) is -0.362. The van der Waals surface area contributed by atoms with E-state index in [2.05, 4.69) is 10.6 Å². The van der Waals surface area contributed by atoms with Crippen molar-refractivity contribution in [2.75, 3.05) is 18.5 Å². The van der Waals surface area contributed by atoms with Crippen LogP contribution in [0, 0.1) is 0 Å². The molecule has 1 aromatic carbocycles. The molecule has 1 aromatic rings. The van der Waals surface area contributed by atoms with Gasteiger partial charge in [0, 0.05) is 19.0 Å². The van der Waals surface area contributed by atoms with Gasteiger partial charge in [0.2, 0.25) is 5.91 Å². The third-order valence-corrected chi connectivity index (χ3v) is 2.43. The molecule has 0 saturated carbocycles. The highest BCUT2D eigenvalue weighted by Gasteiger charge is 2.10. The lowest BCUT2D eigenvalue weighted by Crippen LogP contribution is -2.28. The molecule has 0 heterocycles. The summed E-state index contributed by atoms with van der Waals surface area (Å²) in [5, 5.41) is 5.18. The van der Waals surface area contributed by atoms with Gasteiger partial charge in [0.25, 0.3) is 5.91 Å². The molecule has 0 radical (unpaired) electrons. The molecule has 0 aromatic heterocycles. The third-order valence-electron chi connectivity index (χ3n) is 2.43. The summed E-state index contributed by atoms with van der Waals surface area (Å²) >= 11 is 0. The van der Waals surface area contributed by atoms with Crippen LogP contribution in [0.25, 0.3) is 0 Å². The van der Waals surface area contributed by atoms with Gasteiger partial charge in [-0.05, 0) is 32.0 Å². The molecule has 20 heavy (non-hydrogen) atoms. The number of ketones is 1. The van der Waals surface area contributed by atoms with Crippen LogP contribution in [-0.2, 0) is 9.59 Å². The molecule has 2 N–H and O–H groups in total. The largest absolute Gasteiger partial charge is 0.482 e. The summed E-state index contributed by atoms with van der Waals surface area (Å²) in [6, 6.07) is 4.67. The summed E-state index contributed by atoms with van der Waals surface area (Å²) in [6.07, 6.45) is 0. The number of amides is 2. The van der Waals surface area contributed by atoms with Gasteiger partial charge in [0.05, 0.1) is 5.69 Å². The lowest BCUT2D eigenvalue weighted by atomic mass is 10.1. The minimum Gasteiger partial charge on any atom is -0.482 e. The predicted octanol–water partition coefficient (Wildman–Crippen LogP) is 1.36. The van der Waals surface area contributed by atoms with E-state index >= 15 is 0 Å². The molecule has 108 valence electrons. The normalized spacial score (nSPS) is 9.75. The van der Waals surface area contributed by atoms with Gasteiger partial charge in [-0.1, -0.05) is 0 Å². The quantitative estimate of drug-likeness (QED) is 0.769. The van der Waals surface area contributed by atoms with Crippen molar-refractivity contribution in [1.29, 1.82) is 0 Å². The number of benzene rings is 1. The Labute approximate surface area is 117 Å². The lowest BCUT2D eigenvalue weighted by molar-refractivity contribution is -0.123. The molecule has 0 aliphatic carbocycles. The Kier molecular flexibility index (Phi) is 5.71. The number of nitrogens with one attached hydrogen (secondary N) is 2. The maximum Gasteiger partial charge on any atom is 0.257 e. The molecule has 6 heteroatoms. The summed E-state index contributed by atoms with van der Waals surface area (Å²) in [7, 11) is 0. The van der Waals surface area contributed by atoms with E-state index in [4.69, 9.17) is 4.74 Å². The summed E-state index contributed by atoms with van der Waals surface area (Å²) in [6.45, 7) is 4.93. The van der Waals surface area contributed by atoms with Gasteiger partial charge in [0.1, 0.15) is 5.75 Å². The molecule has 0 aliphatic heterocycles. The van der Waals surface area contributed by atoms with E-state index in [9.17, 15) is 14.4 Å². The number of rotatable bonds is 6. The van der Waals surface area contributed by atoms with Crippen LogP contribution >= 0.6 is 0 Å². The van der Waals surface area contributed by atoms with Gasteiger partial charge < -0.3 is 15.4 Å². The fourth-order valence-electron chi connectivity index (χ4n) is 1.55. The molecular weight excluding hydrogens is 260 g/mol. The van der Waals surface area contributed by atoms with E-state index in [0.717, 1.165) is 0 Å². The Morgan fingerprint density at radius 3 is 2.45 bits per heavy atom. The first-order valence-electron chi connectivity index (χ1n) is 6.26. The zero-order valence-corrected chi connectivity index (χ0v) is 11.8. The number of hydrogen-bond acceptors (Lipinski definition) is 4. The first-order valence-corrected chi connectivity index (χ1v) is 6.26. The second kappa shape index (κ2) is 7.28. The van der Waals surface area contributed by atoms with Crippen molar-refractivity contribution < 1.29 is 19.1 Å². The molecule has 0 bridgehead atoms. The van der Waals surface area contributed by atoms with Crippen molar-refractivity contribution in [1.82, 2.24) is 5.32 Å². The Hall–Kier alpha value is -2.37. The second-order valence-corrected chi connectivity index (χ2v) is 4.19. The minimum atomic E-state index is -0.269. The average Bonchev–Trinajstić information content (AvgIpc) is 2.37. The van der Waals surface area contributed by atoms with E-state index in [-0.39, 0.29) is 24.2 Å². The van der Waals surface area contributed by atoms with Crippen LogP contribution in [0.3, 0.4) is 0 Å². The molecule has 0 saturated heterocycles. The fourth-order valence-corrected chi connectivity index (χ4v) is 1.55. The predicted molar refractivity (Wildman–Crippen MR) is 74.9 cm³/mol. The van der Waals surface area contributed by atoms with Gasteiger partial charge in [-0.15, -0.1) is 0 Å².